The van der Waals surface area contributed by atoms with Crippen molar-refractivity contribution in [3.8, 4) is 0 Å². The lowest BCUT2D eigenvalue weighted by molar-refractivity contribution is -0.119. The quantitative estimate of drug-likeness (QED) is 0.707. The van der Waals surface area contributed by atoms with Crippen LogP contribution in [-0.4, -0.2) is 5.91 Å². The van der Waals surface area contributed by atoms with E-state index in [-0.39, 0.29) is 5.91 Å². The molecule has 0 aromatic heterocycles. The third-order valence-electron chi connectivity index (χ3n) is 1.82. The summed E-state index contributed by atoms with van der Waals surface area (Å²) in [5, 5.41) is 2.76. The summed E-state index contributed by atoms with van der Waals surface area (Å²) in [5.41, 5.74) is 2.30. The smallest absolute Gasteiger partial charge is 0.217 e. The maximum atomic E-state index is 10.7. The Labute approximate surface area is 83.8 Å². The highest BCUT2D eigenvalue weighted by molar-refractivity contribution is 7.79. The van der Waals surface area contributed by atoms with Crippen molar-refractivity contribution in [1.82, 2.24) is 5.32 Å². The molecule has 0 saturated carbocycles. The van der Waals surface area contributed by atoms with E-state index in [2.05, 4.69) is 17.9 Å². The molecule has 70 valence electrons. The molecule has 2 nitrogen and oxygen atoms in total. The summed E-state index contributed by atoms with van der Waals surface area (Å²) in [5.74, 6) is 0.699. The van der Waals surface area contributed by atoms with Crippen molar-refractivity contribution in [3.63, 3.8) is 0 Å². The average molecular weight is 195 g/mol. The first-order valence-corrected chi connectivity index (χ1v) is 4.79. The Morgan fingerprint density at radius 2 is 2.00 bits per heavy atom. The molecule has 1 rings (SSSR count). The van der Waals surface area contributed by atoms with Crippen molar-refractivity contribution in [3.05, 3.63) is 35.4 Å². The van der Waals surface area contributed by atoms with Crippen LogP contribution < -0.4 is 5.32 Å². The standard InChI is InChI=1S/C10H13NOS/c1-8(12)11-6-9-4-2-3-5-10(9)7-13/h2-5,13H,6-7H2,1H3,(H,11,12). The Morgan fingerprint density at radius 1 is 1.38 bits per heavy atom. The van der Waals surface area contributed by atoms with Crippen LogP contribution in [-0.2, 0) is 17.1 Å². The molecular weight excluding hydrogens is 182 g/mol. The number of nitrogens with one attached hydrogen (secondary N) is 1. The summed E-state index contributed by atoms with van der Waals surface area (Å²) in [7, 11) is 0. The lowest BCUT2D eigenvalue weighted by Gasteiger charge is -2.06. The van der Waals surface area contributed by atoms with E-state index < -0.39 is 0 Å². The van der Waals surface area contributed by atoms with Crippen LogP contribution in [0.25, 0.3) is 0 Å². The second-order valence-electron chi connectivity index (χ2n) is 2.84. The molecule has 0 fully saturated rings. The number of amides is 1. The zero-order valence-electron chi connectivity index (χ0n) is 7.58. The largest absolute Gasteiger partial charge is 0.352 e. The summed E-state index contributed by atoms with van der Waals surface area (Å²) in [4.78, 5) is 10.7. The lowest BCUT2D eigenvalue weighted by Crippen LogP contribution is -2.19. The van der Waals surface area contributed by atoms with Gasteiger partial charge in [0.05, 0.1) is 0 Å². The van der Waals surface area contributed by atoms with E-state index in [1.165, 1.54) is 12.5 Å². The zero-order valence-corrected chi connectivity index (χ0v) is 8.47. The normalized spacial score (nSPS) is 9.69. The van der Waals surface area contributed by atoms with Gasteiger partial charge in [0.15, 0.2) is 0 Å². The molecule has 3 heteroatoms. The van der Waals surface area contributed by atoms with Gasteiger partial charge in [-0.2, -0.15) is 12.6 Å². The minimum Gasteiger partial charge on any atom is -0.352 e. The molecular formula is C10H13NOS. The van der Waals surface area contributed by atoms with Gasteiger partial charge in [0.25, 0.3) is 0 Å². The van der Waals surface area contributed by atoms with Gasteiger partial charge < -0.3 is 5.32 Å². The van der Waals surface area contributed by atoms with Gasteiger partial charge in [-0.3, -0.25) is 4.79 Å². The monoisotopic (exact) mass is 195 g/mol. The number of hydrogen-bond donors (Lipinski definition) is 2. The molecule has 0 spiro atoms. The second kappa shape index (κ2) is 4.92. The minimum atomic E-state index is -0.00559. The van der Waals surface area contributed by atoms with E-state index in [9.17, 15) is 4.79 Å². The van der Waals surface area contributed by atoms with Crippen LogP contribution >= 0.6 is 12.6 Å². The van der Waals surface area contributed by atoms with Crippen molar-refractivity contribution in [2.45, 2.75) is 19.2 Å². The summed E-state index contributed by atoms with van der Waals surface area (Å²) in [6.45, 7) is 2.11. The molecule has 0 bridgehead atoms. The topological polar surface area (TPSA) is 29.1 Å². The average Bonchev–Trinajstić information content (AvgIpc) is 2.15. The third kappa shape index (κ3) is 3.11. The van der Waals surface area contributed by atoms with Crippen LogP contribution in [0.2, 0.25) is 0 Å². The molecule has 1 amide bonds. The fourth-order valence-electron chi connectivity index (χ4n) is 1.10. The lowest BCUT2D eigenvalue weighted by atomic mass is 10.1. The van der Waals surface area contributed by atoms with Crippen LogP contribution in [0, 0.1) is 0 Å². The van der Waals surface area contributed by atoms with E-state index in [0.29, 0.717) is 12.3 Å². The predicted molar refractivity (Wildman–Crippen MR) is 56.7 cm³/mol. The highest BCUT2D eigenvalue weighted by atomic mass is 32.1. The van der Waals surface area contributed by atoms with Crippen LogP contribution in [0.15, 0.2) is 24.3 Å². The predicted octanol–water partition coefficient (Wildman–Crippen LogP) is 1.75. The Kier molecular flexibility index (Phi) is 3.83. The van der Waals surface area contributed by atoms with Crippen molar-refractivity contribution < 1.29 is 4.79 Å². The summed E-state index contributed by atoms with van der Waals surface area (Å²) >= 11 is 4.21. The van der Waals surface area contributed by atoms with Crippen molar-refractivity contribution in [2.24, 2.45) is 0 Å². The van der Waals surface area contributed by atoms with Crippen molar-refractivity contribution >= 4 is 18.5 Å². The summed E-state index contributed by atoms with van der Waals surface area (Å²) in [6.07, 6.45) is 0. The molecule has 1 aromatic rings. The van der Waals surface area contributed by atoms with Gasteiger partial charge in [-0.1, -0.05) is 24.3 Å². The van der Waals surface area contributed by atoms with Gasteiger partial charge in [0.1, 0.15) is 0 Å². The molecule has 0 atom stereocenters. The van der Waals surface area contributed by atoms with Crippen LogP contribution in [0.1, 0.15) is 18.1 Å². The fraction of sp³-hybridized carbons (Fsp3) is 0.300. The van der Waals surface area contributed by atoms with Gasteiger partial charge in [0, 0.05) is 19.2 Å². The molecule has 0 unspecified atom stereocenters. The minimum absolute atomic E-state index is 0.00559. The molecule has 13 heavy (non-hydrogen) atoms. The van der Waals surface area contributed by atoms with Crippen LogP contribution in [0.4, 0.5) is 0 Å². The highest BCUT2D eigenvalue weighted by Gasteiger charge is 1.99. The van der Waals surface area contributed by atoms with Gasteiger partial charge in [-0.05, 0) is 11.1 Å². The molecule has 0 radical (unpaired) electrons. The Hall–Kier alpha value is -0.960. The van der Waals surface area contributed by atoms with E-state index in [1.54, 1.807) is 0 Å². The van der Waals surface area contributed by atoms with Gasteiger partial charge in [-0.15, -0.1) is 0 Å². The Morgan fingerprint density at radius 3 is 2.54 bits per heavy atom. The van der Waals surface area contributed by atoms with Crippen LogP contribution in [0.5, 0.6) is 0 Å². The van der Waals surface area contributed by atoms with Crippen molar-refractivity contribution in [2.75, 3.05) is 0 Å². The summed E-state index contributed by atoms with van der Waals surface area (Å²) in [6, 6.07) is 7.96. The van der Waals surface area contributed by atoms with E-state index in [4.69, 9.17) is 0 Å². The first kappa shape index (κ1) is 10.1. The molecule has 1 aromatic carbocycles. The van der Waals surface area contributed by atoms with Crippen molar-refractivity contribution in [1.29, 1.82) is 0 Å². The maximum absolute atomic E-state index is 10.7. The molecule has 0 saturated heterocycles. The van der Waals surface area contributed by atoms with E-state index in [1.807, 2.05) is 24.3 Å². The van der Waals surface area contributed by atoms with Gasteiger partial charge >= 0.3 is 0 Å². The maximum Gasteiger partial charge on any atom is 0.217 e. The first-order valence-electron chi connectivity index (χ1n) is 4.16. The first-order chi connectivity index (χ1) is 6.24. The van der Waals surface area contributed by atoms with E-state index in [0.717, 1.165) is 5.56 Å². The highest BCUT2D eigenvalue weighted by Crippen LogP contribution is 2.10. The van der Waals surface area contributed by atoms with E-state index >= 15 is 0 Å². The summed E-state index contributed by atoms with van der Waals surface area (Å²) < 4.78 is 0. The number of rotatable bonds is 3. The van der Waals surface area contributed by atoms with Gasteiger partial charge in [-0.25, -0.2) is 0 Å². The van der Waals surface area contributed by atoms with Crippen LogP contribution in [0.3, 0.4) is 0 Å². The molecule has 0 aliphatic carbocycles. The molecule has 1 N–H and O–H groups in total. The number of carbonyl (C=O) groups excluding carboxylic acids is 1. The SMILES string of the molecule is CC(=O)NCc1ccccc1CS. The molecule has 0 heterocycles. The number of carbonyl (C=O) groups is 1. The zero-order chi connectivity index (χ0) is 9.68. The molecule has 0 aliphatic rings. The molecule has 0 aliphatic heterocycles. The Bertz CT molecular complexity index is 299. The Balaban J connectivity index is 2.69. The third-order valence-corrected chi connectivity index (χ3v) is 2.16. The second-order valence-corrected chi connectivity index (χ2v) is 3.15. The number of hydrogen-bond acceptors (Lipinski definition) is 2. The van der Waals surface area contributed by atoms with Gasteiger partial charge in [0.2, 0.25) is 5.91 Å². The fourth-order valence-corrected chi connectivity index (χ4v) is 1.41. The number of thiol groups is 1. The number of benzene rings is 1.